The van der Waals surface area contributed by atoms with Gasteiger partial charge in [0.15, 0.2) is 9.84 Å². The lowest BCUT2D eigenvalue weighted by Crippen LogP contribution is -2.44. The molecule has 1 aromatic carbocycles. The van der Waals surface area contributed by atoms with Crippen LogP contribution in [0.4, 0.5) is 0 Å². The molecule has 2 atom stereocenters. The van der Waals surface area contributed by atoms with Crippen LogP contribution in [0.1, 0.15) is 17.0 Å². The van der Waals surface area contributed by atoms with E-state index in [1.54, 1.807) is 31.1 Å². The second-order valence-electron chi connectivity index (χ2n) is 6.22. The fraction of sp³-hybridized carbons (Fsp3) is 0.412. The molecular weight excluding hydrogens is 342 g/mol. The molecule has 1 aliphatic heterocycles. The van der Waals surface area contributed by atoms with E-state index in [1.807, 2.05) is 19.1 Å². The van der Waals surface area contributed by atoms with Crippen molar-refractivity contribution >= 4 is 21.6 Å². The van der Waals surface area contributed by atoms with Crippen LogP contribution in [-0.4, -0.2) is 52.6 Å². The molecule has 2 rings (SSSR count). The van der Waals surface area contributed by atoms with Crippen LogP contribution in [0.15, 0.2) is 40.0 Å². The molecule has 25 heavy (non-hydrogen) atoms. The van der Waals surface area contributed by atoms with Crippen LogP contribution < -0.4 is 5.73 Å². The van der Waals surface area contributed by atoms with Crippen LogP contribution in [0.3, 0.4) is 0 Å². The van der Waals surface area contributed by atoms with Crippen LogP contribution in [0.25, 0.3) is 0 Å². The Morgan fingerprint density at radius 2 is 1.88 bits per heavy atom. The summed E-state index contributed by atoms with van der Waals surface area (Å²) in [7, 11) is 1.03. The highest BCUT2D eigenvalue weighted by Crippen LogP contribution is 2.42. The number of rotatable bonds is 3. The van der Waals surface area contributed by atoms with Gasteiger partial charge in [-0.1, -0.05) is 24.3 Å². The minimum atomic E-state index is -3.69. The summed E-state index contributed by atoms with van der Waals surface area (Å²) in [5.74, 6) is -1.99. The molecule has 0 saturated heterocycles. The van der Waals surface area contributed by atoms with Crippen molar-refractivity contribution in [1.82, 2.24) is 4.90 Å². The second kappa shape index (κ2) is 6.87. The largest absolute Gasteiger partial charge is 0.468 e. The molecule has 0 fully saturated rings. The molecule has 8 heteroatoms. The Morgan fingerprint density at radius 1 is 1.28 bits per heavy atom. The van der Waals surface area contributed by atoms with E-state index < -0.39 is 27.6 Å². The summed E-state index contributed by atoms with van der Waals surface area (Å²) < 4.78 is 29.9. The molecule has 0 bridgehead atoms. The van der Waals surface area contributed by atoms with Crippen molar-refractivity contribution in [3.05, 3.63) is 46.1 Å². The monoisotopic (exact) mass is 365 g/mol. The summed E-state index contributed by atoms with van der Waals surface area (Å²) in [5, 5.41) is 0. The quantitative estimate of drug-likeness (QED) is 0.802. The van der Waals surface area contributed by atoms with Crippen molar-refractivity contribution in [3.63, 3.8) is 0 Å². The summed E-state index contributed by atoms with van der Waals surface area (Å²) in [6, 6.07) is 7.31. The number of benzene rings is 1. The maximum Gasteiger partial charge on any atom is 0.317 e. The van der Waals surface area contributed by atoms with E-state index >= 15 is 0 Å². The van der Waals surface area contributed by atoms with Crippen LogP contribution in [0.5, 0.6) is 0 Å². The Labute approximate surface area is 148 Å². The van der Waals surface area contributed by atoms with Gasteiger partial charge in [0.05, 0.1) is 12.0 Å². The Hall–Kier alpha value is -2.35. The minimum Gasteiger partial charge on any atom is -0.468 e. The maximum absolute atomic E-state index is 12.6. The lowest BCUT2D eigenvalue weighted by Gasteiger charge is -2.35. The van der Waals surface area contributed by atoms with Crippen molar-refractivity contribution < 1.29 is 17.9 Å². The van der Waals surface area contributed by atoms with Crippen LogP contribution in [0.2, 0.25) is 0 Å². The van der Waals surface area contributed by atoms with E-state index in [0.717, 1.165) is 11.8 Å². The second-order valence-corrected chi connectivity index (χ2v) is 8.21. The van der Waals surface area contributed by atoms with Gasteiger partial charge < -0.3 is 15.4 Å². The molecule has 2 N–H and O–H groups in total. The first kappa shape index (κ1) is 19.0. The molecule has 7 nitrogen and oxygen atoms in total. The third-order valence-corrected chi connectivity index (χ3v) is 5.48. The van der Waals surface area contributed by atoms with Gasteiger partial charge in [-0.25, -0.2) is 13.4 Å². The SMILES string of the molecule is COC(=O)C1C(N(C)C)=NC(N)=C(S(C)(=O)=O)C1c1ccccc1C. The standard InChI is InChI=1S/C17H23N3O4S/c1-10-8-6-7-9-11(10)12-13(17(21)24-4)16(20(2)3)19-15(18)14(12)25(5,22)23/h6-9,12-13H,18H2,1-5H3. The first-order valence-electron chi connectivity index (χ1n) is 7.68. The maximum atomic E-state index is 12.6. The number of hydrogen-bond acceptors (Lipinski definition) is 7. The molecule has 0 saturated carbocycles. The van der Waals surface area contributed by atoms with Crippen molar-refractivity contribution in [2.24, 2.45) is 16.6 Å². The van der Waals surface area contributed by atoms with E-state index in [2.05, 4.69) is 4.99 Å². The van der Waals surface area contributed by atoms with Gasteiger partial charge in [0, 0.05) is 26.3 Å². The van der Waals surface area contributed by atoms with Crippen LogP contribution in [-0.2, 0) is 19.4 Å². The van der Waals surface area contributed by atoms with Crippen molar-refractivity contribution in [3.8, 4) is 0 Å². The molecule has 2 unspecified atom stereocenters. The molecule has 0 amide bonds. The Balaban J connectivity index is 2.86. The first-order valence-corrected chi connectivity index (χ1v) is 9.57. The molecule has 1 aliphatic rings. The molecule has 0 aliphatic carbocycles. The van der Waals surface area contributed by atoms with Crippen molar-refractivity contribution in [2.75, 3.05) is 27.5 Å². The zero-order valence-electron chi connectivity index (χ0n) is 15.0. The number of carbonyl (C=O) groups excluding carboxylic acids is 1. The number of amidine groups is 1. The van der Waals surface area contributed by atoms with Gasteiger partial charge in [-0.05, 0) is 18.1 Å². The third kappa shape index (κ3) is 3.53. The van der Waals surface area contributed by atoms with Crippen LogP contribution in [0, 0.1) is 12.8 Å². The number of methoxy groups -OCH3 is 1. The van der Waals surface area contributed by atoms with E-state index in [0.29, 0.717) is 11.4 Å². The Morgan fingerprint density at radius 3 is 2.36 bits per heavy atom. The summed E-state index contributed by atoms with van der Waals surface area (Å²) >= 11 is 0. The molecule has 0 radical (unpaired) electrons. The molecular formula is C17H23N3O4S. The fourth-order valence-corrected chi connectivity index (χ4v) is 4.28. The van der Waals surface area contributed by atoms with Crippen molar-refractivity contribution in [2.45, 2.75) is 12.8 Å². The van der Waals surface area contributed by atoms with Gasteiger partial charge in [-0.2, -0.15) is 0 Å². The summed E-state index contributed by atoms with van der Waals surface area (Å²) in [5.41, 5.74) is 7.57. The number of aryl methyl sites for hydroxylation is 1. The molecule has 1 aromatic rings. The average Bonchev–Trinajstić information content (AvgIpc) is 2.52. The summed E-state index contributed by atoms with van der Waals surface area (Å²) in [4.78, 5) is 18.4. The number of nitrogens with two attached hydrogens (primary N) is 1. The number of ether oxygens (including phenoxy) is 1. The predicted octanol–water partition coefficient (Wildman–Crippen LogP) is 1.01. The van der Waals surface area contributed by atoms with Crippen LogP contribution >= 0.6 is 0 Å². The average molecular weight is 365 g/mol. The lowest BCUT2D eigenvalue weighted by molar-refractivity contribution is -0.143. The van der Waals surface area contributed by atoms with Crippen molar-refractivity contribution in [1.29, 1.82) is 0 Å². The molecule has 0 spiro atoms. The molecule has 1 heterocycles. The highest BCUT2D eigenvalue weighted by molar-refractivity contribution is 7.94. The molecule has 0 aromatic heterocycles. The lowest BCUT2D eigenvalue weighted by atomic mass is 9.81. The van der Waals surface area contributed by atoms with E-state index in [-0.39, 0.29) is 10.7 Å². The number of hydrogen-bond donors (Lipinski definition) is 1. The van der Waals surface area contributed by atoms with Gasteiger partial charge in [0.2, 0.25) is 0 Å². The van der Waals surface area contributed by atoms with E-state index in [9.17, 15) is 13.2 Å². The number of carbonyl (C=O) groups is 1. The molecule has 136 valence electrons. The normalized spacial score (nSPS) is 20.9. The van der Waals surface area contributed by atoms with Gasteiger partial charge in [0.1, 0.15) is 17.6 Å². The van der Waals surface area contributed by atoms with Gasteiger partial charge >= 0.3 is 5.97 Å². The third-order valence-electron chi connectivity index (χ3n) is 4.22. The number of aliphatic imine (C=N–C) groups is 1. The van der Waals surface area contributed by atoms with Gasteiger partial charge in [-0.15, -0.1) is 0 Å². The topological polar surface area (TPSA) is 102 Å². The minimum absolute atomic E-state index is 0.0530. The van der Waals surface area contributed by atoms with Gasteiger partial charge in [-0.3, -0.25) is 4.79 Å². The predicted molar refractivity (Wildman–Crippen MR) is 96.6 cm³/mol. The number of nitrogens with zero attached hydrogens (tertiary/aromatic N) is 2. The van der Waals surface area contributed by atoms with E-state index in [1.165, 1.54) is 7.11 Å². The highest BCUT2D eigenvalue weighted by atomic mass is 32.2. The number of esters is 1. The Kier molecular flexibility index (Phi) is 5.22. The number of allylic oxidation sites excluding steroid dienone is 1. The fourth-order valence-electron chi connectivity index (χ4n) is 3.13. The summed E-state index contributed by atoms with van der Waals surface area (Å²) in [6.45, 7) is 1.86. The first-order chi connectivity index (χ1) is 11.6. The smallest absolute Gasteiger partial charge is 0.317 e. The van der Waals surface area contributed by atoms with Gasteiger partial charge in [0.25, 0.3) is 0 Å². The summed E-state index contributed by atoms with van der Waals surface area (Å²) in [6.07, 6.45) is 1.07. The highest BCUT2D eigenvalue weighted by Gasteiger charge is 2.45. The zero-order valence-corrected chi connectivity index (χ0v) is 15.8. The zero-order chi connectivity index (χ0) is 18.9. The number of sulfone groups is 1. The Bertz CT molecular complexity index is 856. The van der Waals surface area contributed by atoms with E-state index in [4.69, 9.17) is 10.5 Å².